The van der Waals surface area contributed by atoms with Crippen molar-refractivity contribution in [3.63, 3.8) is 0 Å². The predicted molar refractivity (Wildman–Crippen MR) is 422 cm³/mol. The molecule has 4 unspecified atom stereocenters. The largest absolute Gasteiger partial charge is 0.508 e. The Bertz CT molecular complexity index is 2230. The van der Waals surface area contributed by atoms with E-state index in [1.54, 1.807) is 0 Å². The van der Waals surface area contributed by atoms with Crippen molar-refractivity contribution in [1.82, 2.24) is 0 Å². The minimum atomic E-state index is -5.31. The van der Waals surface area contributed by atoms with Gasteiger partial charge in [-0.05, 0) is 53.4 Å². The number of carbonyl (C=O) groups excluding carboxylic acids is 8. The Morgan fingerprint density at radius 1 is 0.207 bits per heavy atom. The van der Waals surface area contributed by atoms with E-state index in [1.165, 1.54) is 156 Å². The molecular weight excluding hydrogens is 1480 g/mol. The van der Waals surface area contributed by atoms with Crippen LogP contribution in [-0.4, -0.2) is 159 Å². The normalized spacial score (nSPS) is 13.5. The van der Waals surface area contributed by atoms with Crippen molar-refractivity contribution >= 4 is 64.1 Å². The summed E-state index contributed by atoms with van der Waals surface area (Å²) in [6.45, 7) is 6.53. The minimum Gasteiger partial charge on any atom is -0.462 e. The molecule has 0 amide bonds. The zero-order valence-electron chi connectivity index (χ0n) is 69.8. The molecule has 28 nitrogen and oxygen atoms in total. The summed E-state index contributed by atoms with van der Waals surface area (Å²) in [5.74, 6) is -2.58. The van der Waals surface area contributed by atoms with Gasteiger partial charge in [0.25, 0.3) is 0 Å². The Labute approximate surface area is 666 Å². The van der Waals surface area contributed by atoms with Crippen molar-refractivity contribution in [1.29, 1.82) is 0 Å². The topological polar surface area (TPSA) is 337 Å². The fourth-order valence-electron chi connectivity index (χ4n) is 11.5. The molecule has 111 heavy (non-hydrogen) atoms. The molecule has 0 saturated heterocycles. The average Bonchev–Trinajstić information content (AvgIpc) is 0.858. The van der Waals surface area contributed by atoms with Crippen molar-refractivity contribution in [2.75, 3.05) is 86.1 Å². The van der Waals surface area contributed by atoms with Crippen LogP contribution in [0.2, 0.25) is 0 Å². The van der Waals surface area contributed by atoms with Crippen LogP contribution in [0.5, 0.6) is 0 Å². The van der Waals surface area contributed by atoms with Gasteiger partial charge in [-0.1, -0.05) is 285 Å². The van der Waals surface area contributed by atoms with Gasteiger partial charge in [0.05, 0.1) is 52.9 Å². The predicted octanol–water partition coefficient (Wildman–Crippen LogP) is 22.4. The summed E-state index contributed by atoms with van der Waals surface area (Å²) < 4.78 is 128. The molecule has 0 bridgehead atoms. The van der Waals surface area contributed by atoms with E-state index in [2.05, 4.69) is 27.7 Å². The van der Waals surface area contributed by atoms with Gasteiger partial charge >= 0.3 is 64.1 Å². The Kier molecular flexibility index (Phi) is 73.2. The van der Waals surface area contributed by atoms with Gasteiger partial charge in [-0.2, -0.15) is 0 Å². The first-order valence-corrected chi connectivity index (χ1v) is 45.8. The van der Waals surface area contributed by atoms with Crippen LogP contribution in [0.25, 0.3) is 0 Å². The van der Waals surface area contributed by atoms with Crippen molar-refractivity contribution in [2.45, 2.75) is 388 Å². The van der Waals surface area contributed by atoms with E-state index in [0.717, 1.165) is 128 Å². The third kappa shape index (κ3) is 69.2. The second-order valence-corrected chi connectivity index (χ2v) is 31.4. The van der Waals surface area contributed by atoms with Crippen molar-refractivity contribution < 1.29 is 131 Å². The molecule has 0 aromatic heterocycles. The zero-order chi connectivity index (χ0) is 81.8. The monoisotopic (exact) mass is 1630 g/mol. The van der Waals surface area contributed by atoms with Crippen LogP contribution in [0.15, 0.2) is 0 Å². The van der Waals surface area contributed by atoms with Crippen molar-refractivity contribution in [3.8, 4) is 0 Å². The number of hydrogen-bond donors (Lipinski definition) is 0. The molecule has 0 aliphatic rings. The highest BCUT2D eigenvalue weighted by molar-refractivity contribution is 7.49. The lowest BCUT2D eigenvalue weighted by Crippen LogP contribution is -2.32. The molecular formula is C81H150O28P2. The Hall–Kier alpha value is -4.82. The molecule has 0 radical (unpaired) electrons. The fourth-order valence-corrected chi connectivity index (χ4v) is 13.8. The van der Waals surface area contributed by atoms with Gasteiger partial charge in [-0.25, -0.2) is 28.3 Å². The second-order valence-electron chi connectivity index (χ2n) is 28.0. The number of unbranched alkanes of at least 4 members (excludes halogenated alkanes) is 40. The van der Waals surface area contributed by atoms with E-state index in [4.69, 9.17) is 84.0 Å². The van der Waals surface area contributed by atoms with E-state index >= 15 is 9.13 Å². The average molecular weight is 1630 g/mol. The molecule has 0 aromatic rings. The number of rotatable bonds is 80. The van der Waals surface area contributed by atoms with Gasteiger partial charge in [-0.15, -0.1) is 0 Å². The van der Waals surface area contributed by atoms with Gasteiger partial charge in [0, 0.05) is 25.7 Å². The van der Waals surface area contributed by atoms with Crippen LogP contribution >= 0.6 is 15.6 Å². The van der Waals surface area contributed by atoms with Crippen LogP contribution in [0.1, 0.15) is 364 Å². The molecule has 0 aliphatic heterocycles. The second kappa shape index (κ2) is 76.5. The SMILES string of the molecule is CCCCCCCCCCCCCC(=O)OC[C@H](COP(=O)(OCOP(=O)(OCC(COC(=O)OCC)OC(=O)OCC)OC[C@@H](COC(=O)CCCCCCCCCCCCC)OC(=O)CCCCCCCCCCCCC)OCC(COC(=O)OCC)OC(=O)OCC)OC(=O)CCCCCCCCCCCCC. The summed E-state index contributed by atoms with van der Waals surface area (Å²) in [6, 6.07) is 0. The lowest BCUT2D eigenvalue weighted by atomic mass is 10.1. The van der Waals surface area contributed by atoms with Gasteiger partial charge in [0.1, 0.15) is 26.4 Å². The number of phosphoric acid groups is 2. The lowest BCUT2D eigenvalue weighted by Gasteiger charge is -2.26. The maximum absolute atomic E-state index is 15.2. The highest BCUT2D eigenvalue weighted by atomic mass is 31.2. The van der Waals surface area contributed by atoms with Gasteiger partial charge in [0.15, 0.2) is 31.2 Å². The zero-order valence-corrected chi connectivity index (χ0v) is 71.6. The maximum Gasteiger partial charge on any atom is 0.508 e. The van der Waals surface area contributed by atoms with E-state index in [0.29, 0.717) is 25.7 Å². The highest BCUT2D eigenvalue weighted by Gasteiger charge is 2.38. The lowest BCUT2D eigenvalue weighted by molar-refractivity contribution is -0.161. The van der Waals surface area contributed by atoms with Gasteiger partial charge in [-0.3, -0.25) is 46.3 Å². The van der Waals surface area contributed by atoms with Crippen molar-refractivity contribution in [2.24, 2.45) is 0 Å². The summed E-state index contributed by atoms with van der Waals surface area (Å²) in [7, 11) is -10.6. The van der Waals surface area contributed by atoms with Crippen LogP contribution in [0, 0.1) is 0 Å². The standard InChI is InChI=1S/C81H150O28P2/c1-9-17-21-25-29-33-37-41-45-49-53-57-74(82)96-61-70(106-76(84)59-55-51-47-43-39-35-31-27-23-19-11-3)65-100-110(90,102-67-72(108-80(88)94-15-7)63-98-78(86)92-13-5)104-69-105-111(91,103-68-73(109-81(89)95-16-8)64-99-79(87)93-14-6)101-66-71(107-77(85)60-56-52-48-44-40-36-32-28-24-20-12-4)62-97-75(83)58-54-50-46-42-38-34-30-26-22-18-10-2/h70-73H,9-69H2,1-8H3/t70-,71-,72?,73?,110?,111?/m1/s1. The van der Waals surface area contributed by atoms with Crippen LogP contribution in [0.4, 0.5) is 19.2 Å². The first-order valence-electron chi connectivity index (χ1n) is 42.9. The molecule has 0 spiro atoms. The van der Waals surface area contributed by atoms with Gasteiger partial charge in [0.2, 0.25) is 0 Å². The maximum atomic E-state index is 15.2. The molecule has 652 valence electrons. The summed E-state index contributed by atoms with van der Waals surface area (Å²) in [6.07, 6.45) is 35.1. The molecule has 0 N–H and O–H groups in total. The van der Waals surface area contributed by atoms with Crippen LogP contribution < -0.4 is 0 Å². The van der Waals surface area contributed by atoms with E-state index in [9.17, 15) is 38.4 Å². The van der Waals surface area contributed by atoms with Crippen LogP contribution in [0.3, 0.4) is 0 Å². The number of hydrogen-bond acceptors (Lipinski definition) is 28. The minimum absolute atomic E-state index is 0.0245. The van der Waals surface area contributed by atoms with E-state index in [1.807, 2.05) is 0 Å². The molecule has 0 heterocycles. The molecule has 0 fully saturated rings. The quantitative estimate of drug-likeness (QED) is 0.0179. The Morgan fingerprint density at radius 2 is 0.405 bits per heavy atom. The van der Waals surface area contributed by atoms with Crippen molar-refractivity contribution in [3.05, 3.63) is 0 Å². The molecule has 6 atom stereocenters. The number of ether oxygens (including phenoxy) is 12. The third-order valence-corrected chi connectivity index (χ3v) is 20.5. The van der Waals surface area contributed by atoms with E-state index < -0.39 is 148 Å². The summed E-state index contributed by atoms with van der Waals surface area (Å²) in [5, 5.41) is 0. The Balaban J connectivity index is 7.40. The molecule has 30 heteroatoms. The summed E-state index contributed by atoms with van der Waals surface area (Å²) >= 11 is 0. The number of esters is 4. The molecule has 0 aromatic carbocycles. The van der Waals surface area contributed by atoms with E-state index in [-0.39, 0.29) is 52.1 Å². The highest BCUT2D eigenvalue weighted by Crippen LogP contribution is 2.54. The molecule has 0 rings (SSSR count). The summed E-state index contributed by atoms with van der Waals surface area (Å²) in [5.41, 5.74) is 0. The smallest absolute Gasteiger partial charge is 0.462 e. The Morgan fingerprint density at radius 3 is 0.640 bits per heavy atom. The summed E-state index contributed by atoms with van der Waals surface area (Å²) in [4.78, 5) is 104. The number of phosphoric ester groups is 2. The molecule has 0 aliphatic carbocycles. The fraction of sp³-hybridized carbons (Fsp3) is 0.901. The molecule has 0 saturated carbocycles. The first kappa shape index (κ1) is 106. The van der Waals surface area contributed by atoms with Gasteiger partial charge < -0.3 is 56.8 Å². The number of carbonyl (C=O) groups is 8. The third-order valence-electron chi connectivity index (χ3n) is 17.8. The first-order chi connectivity index (χ1) is 53.8. The van der Waals surface area contributed by atoms with Crippen LogP contribution in [-0.2, 0) is 112 Å².